The van der Waals surface area contributed by atoms with Crippen molar-refractivity contribution in [3.8, 4) is 6.07 Å². The lowest BCUT2D eigenvalue weighted by Gasteiger charge is -2.04. The van der Waals surface area contributed by atoms with E-state index in [0.717, 1.165) is 5.56 Å². The molecule has 0 amide bonds. The van der Waals surface area contributed by atoms with Gasteiger partial charge in [0.15, 0.2) is 0 Å². The predicted octanol–water partition coefficient (Wildman–Crippen LogP) is 2.47. The summed E-state index contributed by atoms with van der Waals surface area (Å²) in [5, 5.41) is 19.6. The number of halogens is 1. The van der Waals surface area contributed by atoms with Gasteiger partial charge >= 0.3 is 0 Å². The number of aromatic nitrogens is 2. The van der Waals surface area contributed by atoms with Gasteiger partial charge in [0.05, 0.1) is 9.40 Å². The van der Waals surface area contributed by atoms with Gasteiger partial charge in [-0.2, -0.15) is 5.26 Å². The molecule has 0 unspecified atom stereocenters. The lowest BCUT2D eigenvalue weighted by Crippen LogP contribution is -2.02. The molecule has 0 aliphatic heterocycles. The van der Waals surface area contributed by atoms with Crippen LogP contribution in [0.1, 0.15) is 11.4 Å². The fourth-order valence-electron chi connectivity index (χ4n) is 1.54. The topological polar surface area (TPSA) is 84.8 Å². The van der Waals surface area contributed by atoms with Crippen molar-refractivity contribution in [2.24, 2.45) is 0 Å². The van der Waals surface area contributed by atoms with E-state index in [0.29, 0.717) is 11.0 Å². The number of rotatable bonds is 3. The van der Waals surface area contributed by atoms with Gasteiger partial charge < -0.3 is 4.57 Å². The quantitative estimate of drug-likeness (QED) is 0.644. The molecule has 0 N–H and O–H groups in total. The molecule has 0 spiro atoms. The minimum atomic E-state index is -0.452. The molecule has 1 aromatic carbocycles. The SMILES string of the molecule is N#Cc1nccn1Cc1ccc(Br)c([N+](=O)[O-])c1. The third-order valence-corrected chi connectivity index (χ3v) is 3.05. The molecular formula is C11H7BrN4O2. The minimum Gasteiger partial charge on any atom is -0.318 e. The van der Waals surface area contributed by atoms with E-state index in [1.54, 1.807) is 22.9 Å². The summed E-state index contributed by atoms with van der Waals surface area (Å²) in [6.07, 6.45) is 3.18. The molecule has 6 nitrogen and oxygen atoms in total. The third-order valence-electron chi connectivity index (χ3n) is 2.38. The number of nitrogens with zero attached hydrogens (tertiary/aromatic N) is 4. The maximum Gasteiger partial charge on any atom is 0.283 e. The highest BCUT2D eigenvalue weighted by Crippen LogP contribution is 2.26. The van der Waals surface area contributed by atoms with Gasteiger partial charge in [0.1, 0.15) is 6.07 Å². The zero-order chi connectivity index (χ0) is 13.1. The van der Waals surface area contributed by atoms with Crippen LogP contribution >= 0.6 is 15.9 Å². The van der Waals surface area contributed by atoms with E-state index >= 15 is 0 Å². The molecule has 0 aliphatic rings. The van der Waals surface area contributed by atoms with Crippen molar-refractivity contribution in [1.82, 2.24) is 9.55 Å². The zero-order valence-corrected chi connectivity index (χ0v) is 10.7. The second-order valence-electron chi connectivity index (χ2n) is 3.53. The Morgan fingerprint density at radius 2 is 2.33 bits per heavy atom. The number of nitro benzene ring substituents is 1. The fraction of sp³-hybridized carbons (Fsp3) is 0.0909. The number of nitro groups is 1. The molecule has 0 radical (unpaired) electrons. The Hall–Kier alpha value is -2.20. The van der Waals surface area contributed by atoms with Crippen molar-refractivity contribution < 1.29 is 4.92 Å². The Morgan fingerprint density at radius 1 is 1.56 bits per heavy atom. The van der Waals surface area contributed by atoms with E-state index in [1.165, 1.54) is 12.3 Å². The van der Waals surface area contributed by atoms with Crippen molar-refractivity contribution in [3.05, 3.63) is 56.6 Å². The summed E-state index contributed by atoms with van der Waals surface area (Å²) in [6.45, 7) is 0.372. The number of nitriles is 1. The summed E-state index contributed by atoms with van der Waals surface area (Å²) in [5.74, 6) is 0.278. The van der Waals surface area contributed by atoms with Crippen molar-refractivity contribution >= 4 is 21.6 Å². The van der Waals surface area contributed by atoms with E-state index in [1.807, 2.05) is 6.07 Å². The van der Waals surface area contributed by atoms with Gasteiger partial charge in [0.25, 0.3) is 5.69 Å². The van der Waals surface area contributed by atoms with E-state index in [-0.39, 0.29) is 11.5 Å². The molecule has 0 atom stereocenters. The lowest BCUT2D eigenvalue weighted by atomic mass is 10.2. The van der Waals surface area contributed by atoms with Gasteiger partial charge in [-0.3, -0.25) is 10.1 Å². The summed E-state index contributed by atoms with van der Waals surface area (Å²) >= 11 is 3.12. The maximum absolute atomic E-state index is 10.8. The molecule has 1 aromatic heterocycles. The van der Waals surface area contributed by atoms with Gasteiger partial charge in [-0.25, -0.2) is 4.98 Å². The van der Waals surface area contributed by atoms with Crippen LogP contribution in [-0.4, -0.2) is 14.5 Å². The molecule has 0 bridgehead atoms. The highest BCUT2D eigenvalue weighted by atomic mass is 79.9. The summed E-state index contributed by atoms with van der Waals surface area (Å²) in [6, 6.07) is 6.81. The van der Waals surface area contributed by atoms with Crippen LogP contribution in [0.3, 0.4) is 0 Å². The molecule has 18 heavy (non-hydrogen) atoms. The standard InChI is InChI=1S/C11H7BrN4O2/c12-9-2-1-8(5-10(9)16(17)18)7-15-4-3-14-11(15)6-13/h1-5H,7H2. The van der Waals surface area contributed by atoms with Gasteiger partial charge in [0, 0.05) is 25.0 Å². The van der Waals surface area contributed by atoms with Crippen molar-refractivity contribution in [1.29, 1.82) is 5.26 Å². The number of benzene rings is 1. The molecule has 1 heterocycles. The summed E-state index contributed by atoms with van der Waals surface area (Å²) in [4.78, 5) is 14.2. The highest BCUT2D eigenvalue weighted by molar-refractivity contribution is 9.10. The molecule has 0 aliphatic carbocycles. The van der Waals surface area contributed by atoms with Crippen LogP contribution in [0.15, 0.2) is 35.1 Å². The monoisotopic (exact) mass is 306 g/mol. The summed E-state index contributed by atoms with van der Waals surface area (Å²) < 4.78 is 2.06. The first-order valence-electron chi connectivity index (χ1n) is 4.96. The molecule has 0 fully saturated rings. The second kappa shape index (κ2) is 4.98. The van der Waals surface area contributed by atoms with E-state index < -0.39 is 4.92 Å². The average Bonchev–Trinajstić information content (AvgIpc) is 2.78. The van der Waals surface area contributed by atoms with Gasteiger partial charge in [-0.1, -0.05) is 6.07 Å². The number of hydrogen-bond acceptors (Lipinski definition) is 4. The molecule has 90 valence electrons. The van der Waals surface area contributed by atoms with Crippen LogP contribution in [0.25, 0.3) is 0 Å². The van der Waals surface area contributed by atoms with Crippen molar-refractivity contribution in [2.45, 2.75) is 6.54 Å². The molecule has 7 heteroatoms. The highest BCUT2D eigenvalue weighted by Gasteiger charge is 2.13. The molecule has 0 saturated carbocycles. The largest absolute Gasteiger partial charge is 0.318 e. The van der Waals surface area contributed by atoms with Crippen molar-refractivity contribution in [2.75, 3.05) is 0 Å². The average molecular weight is 307 g/mol. The van der Waals surface area contributed by atoms with Crippen LogP contribution in [0, 0.1) is 21.4 Å². The van der Waals surface area contributed by atoms with Crippen LogP contribution in [0.2, 0.25) is 0 Å². The Balaban J connectivity index is 2.34. The molecule has 0 saturated heterocycles. The van der Waals surface area contributed by atoms with E-state index in [2.05, 4.69) is 20.9 Å². The second-order valence-corrected chi connectivity index (χ2v) is 4.39. The number of hydrogen-bond donors (Lipinski definition) is 0. The first-order valence-corrected chi connectivity index (χ1v) is 5.75. The lowest BCUT2D eigenvalue weighted by molar-refractivity contribution is -0.385. The normalized spacial score (nSPS) is 10.0. The first-order chi connectivity index (χ1) is 8.61. The van der Waals surface area contributed by atoms with Gasteiger partial charge in [-0.15, -0.1) is 0 Å². The van der Waals surface area contributed by atoms with E-state index in [4.69, 9.17) is 5.26 Å². The number of imidazole rings is 1. The molecule has 2 rings (SSSR count). The Bertz CT molecular complexity index is 645. The summed E-state index contributed by atoms with van der Waals surface area (Å²) in [7, 11) is 0. The Kier molecular flexibility index (Phi) is 3.39. The molecular weight excluding hydrogens is 300 g/mol. The third kappa shape index (κ3) is 2.38. The van der Waals surface area contributed by atoms with E-state index in [9.17, 15) is 10.1 Å². The Morgan fingerprint density at radius 3 is 3.00 bits per heavy atom. The minimum absolute atomic E-state index is 0.00567. The van der Waals surface area contributed by atoms with Crippen molar-refractivity contribution in [3.63, 3.8) is 0 Å². The first kappa shape index (κ1) is 12.3. The molecule has 2 aromatic rings. The van der Waals surface area contributed by atoms with Gasteiger partial charge in [0.2, 0.25) is 5.82 Å². The van der Waals surface area contributed by atoms with Crippen LogP contribution in [0.5, 0.6) is 0 Å². The zero-order valence-electron chi connectivity index (χ0n) is 9.08. The smallest absolute Gasteiger partial charge is 0.283 e. The Labute approximate surface area is 111 Å². The van der Waals surface area contributed by atoms with Crippen LogP contribution in [0.4, 0.5) is 5.69 Å². The predicted molar refractivity (Wildman–Crippen MR) is 66.8 cm³/mol. The maximum atomic E-state index is 10.8. The van der Waals surface area contributed by atoms with Crippen LogP contribution < -0.4 is 0 Å². The van der Waals surface area contributed by atoms with Crippen LogP contribution in [-0.2, 0) is 6.54 Å². The fourth-order valence-corrected chi connectivity index (χ4v) is 1.93. The van der Waals surface area contributed by atoms with Gasteiger partial charge in [-0.05, 0) is 27.6 Å². The summed E-state index contributed by atoms with van der Waals surface area (Å²) in [5.41, 5.74) is 0.741.